The number of anilines is 1. The van der Waals surface area contributed by atoms with Crippen LogP contribution in [0.4, 0.5) is 5.82 Å². The Morgan fingerprint density at radius 1 is 1.42 bits per heavy atom. The van der Waals surface area contributed by atoms with E-state index in [4.69, 9.17) is 9.15 Å². The topological polar surface area (TPSA) is 60.2 Å². The second kappa shape index (κ2) is 7.16. The minimum absolute atomic E-state index is 0.410. The molecule has 0 fully saturated rings. The van der Waals surface area contributed by atoms with Crippen molar-refractivity contribution >= 4 is 17.6 Å². The molecule has 0 aliphatic heterocycles. The summed E-state index contributed by atoms with van der Waals surface area (Å²) in [5, 5.41) is 4.11. The van der Waals surface area contributed by atoms with Crippen molar-refractivity contribution < 1.29 is 9.15 Å². The maximum atomic E-state index is 5.31. The molecular weight excluding hydrogens is 262 g/mol. The highest BCUT2D eigenvalue weighted by atomic mass is 32.2. The van der Waals surface area contributed by atoms with Crippen LogP contribution in [0.25, 0.3) is 0 Å². The summed E-state index contributed by atoms with van der Waals surface area (Å²) >= 11 is 1.62. The number of hydrogen-bond donors (Lipinski definition) is 1. The Balaban J connectivity index is 2.08. The smallest absolute Gasteiger partial charge is 0.157 e. The summed E-state index contributed by atoms with van der Waals surface area (Å²) in [4.78, 5) is 8.82. The largest absolute Gasteiger partial charge is 0.468 e. The lowest BCUT2D eigenvalue weighted by atomic mass is 10.5. The first-order valence-electron chi connectivity index (χ1n) is 6.07. The molecule has 2 aromatic heterocycles. The number of nitrogens with zero attached hydrogens (tertiary/aromatic N) is 2. The minimum Gasteiger partial charge on any atom is -0.468 e. The standard InChI is InChI=1S/C13H17N3O2S/c1-3-14-11-7-13(16-12(15-11)8-17-2)19-9-10-5-4-6-18-10/h4-7H,3,8-9H2,1-2H3,(H,14,15,16). The second-order valence-electron chi connectivity index (χ2n) is 3.84. The maximum Gasteiger partial charge on any atom is 0.157 e. The molecule has 0 radical (unpaired) electrons. The van der Waals surface area contributed by atoms with E-state index in [1.807, 2.05) is 25.1 Å². The lowest BCUT2D eigenvalue weighted by Gasteiger charge is -2.07. The fourth-order valence-corrected chi connectivity index (χ4v) is 2.37. The van der Waals surface area contributed by atoms with Crippen LogP contribution in [0.15, 0.2) is 33.9 Å². The lowest BCUT2D eigenvalue weighted by molar-refractivity contribution is 0.177. The third kappa shape index (κ3) is 4.25. The van der Waals surface area contributed by atoms with E-state index < -0.39 is 0 Å². The Bertz CT molecular complexity index is 478. The van der Waals surface area contributed by atoms with Crippen molar-refractivity contribution in [2.24, 2.45) is 0 Å². The van der Waals surface area contributed by atoms with E-state index in [9.17, 15) is 0 Å². The van der Waals surface area contributed by atoms with Crippen LogP contribution in [0.1, 0.15) is 18.5 Å². The van der Waals surface area contributed by atoms with Gasteiger partial charge in [-0.15, -0.1) is 0 Å². The van der Waals surface area contributed by atoms with Crippen molar-refractivity contribution in [1.82, 2.24) is 9.97 Å². The summed E-state index contributed by atoms with van der Waals surface area (Å²) in [6.07, 6.45) is 1.68. The third-order valence-electron chi connectivity index (χ3n) is 2.32. The number of nitrogens with one attached hydrogen (secondary N) is 1. The second-order valence-corrected chi connectivity index (χ2v) is 4.83. The third-order valence-corrected chi connectivity index (χ3v) is 3.26. The van der Waals surface area contributed by atoms with Crippen LogP contribution < -0.4 is 5.32 Å². The molecule has 0 spiro atoms. The van der Waals surface area contributed by atoms with Crippen molar-refractivity contribution in [3.05, 3.63) is 36.0 Å². The van der Waals surface area contributed by atoms with Crippen molar-refractivity contribution in [2.75, 3.05) is 19.0 Å². The van der Waals surface area contributed by atoms with Crippen LogP contribution in [-0.2, 0) is 17.1 Å². The quantitative estimate of drug-likeness (QED) is 0.621. The molecule has 19 heavy (non-hydrogen) atoms. The van der Waals surface area contributed by atoms with Crippen molar-refractivity contribution in [3.8, 4) is 0 Å². The predicted octanol–water partition coefficient (Wildman–Crippen LogP) is 2.94. The Labute approximate surface area is 116 Å². The molecule has 2 heterocycles. The van der Waals surface area contributed by atoms with Gasteiger partial charge in [-0.1, -0.05) is 11.8 Å². The van der Waals surface area contributed by atoms with Crippen molar-refractivity contribution in [1.29, 1.82) is 0 Å². The Morgan fingerprint density at radius 3 is 3.00 bits per heavy atom. The molecule has 0 bridgehead atoms. The van der Waals surface area contributed by atoms with E-state index >= 15 is 0 Å². The molecule has 102 valence electrons. The lowest BCUT2D eigenvalue weighted by Crippen LogP contribution is -2.05. The molecule has 0 amide bonds. The highest BCUT2D eigenvalue weighted by Crippen LogP contribution is 2.23. The van der Waals surface area contributed by atoms with Crippen LogP contribution in [0, 0.1) is 0 Å². The summed E-state index contributed by atoms with van der Waals surface area (Å²) < 4.78 is 10.4. The first-order valence-corrected chi connectivity index (χ1v) is 7.06. The summed E-state index contributed by atoms with van der Waals surface area (Å²) in [5.74, 6) is 3.19. The zero-order chi connectivity index (χ0) is 13.5. The van der Waals surface area contributed by atoms with Crippen LogP contribution in [-0.4, -0.2) is 23.6 Å². The van der Waals surface area contributed by atoms with Gasteiger partial charge in [0.15, 0.2) is 5.82 Å². The number of furan rings is 1. The van der Waals surface area contributed by atoms with Gasteiger partial charge in [-0.25, -0.2) is 9.97 Å². The van der Waals surface area contributed by atoms with Gasteiger partial charge in [0.2, 0.25) is 0 Å². The normalized spacial score (nSPS) is 10.6. The van der Waals surface area contributed by atoms with Gasteiger partial charge in [-0.2, -0.15) is 0 Å². The Kier molecular flexibility index (Phi) is 5.23. The summed E-state index contributed by atoms with van der Waals surface area (Å²) in [6, 6.07) is 5.78. The number of thioether (sulfide) groups is 1. The summed E-state index contributed by atoms with van der Waals surface area (Å²) in [7, 11) is 1.64. The number of hydrogen-bond acceptors (Lipinski definition) is 6. The molecule has 0 aliphatic rings. The molecule has 0 atom stereocenters. The van der Waals surface area contributed by atoms with Gasteiger partial charge in [-0.05, 0) is 19.1 Å². The van der Waals surface area contributed by atoms with E-state index in [-0.39, 0.29) is 0 Å². The zero-order valence-electron chi connectivity index (χ0n) is 11.0. The van der Waals surface area contributed by atoms with Gasteiger partial charge < -0.3 is 14.5 Å². The molecular formula is C13H17N3O2S. The first-order chi connectivity index (χ1) is 9.31. The first kappa shape index (κ1) is 13.9. The molecule has 0 saturated carbocycles. The molecule has 0 saturated heterocycles. The van der Waals surface area contributed by atoms with E-state index in [0.717, 1.165) is 28.9 Å². The minimum atomic E-state index is 0.410. The molecule has 0 aliphatic carbocycles. The zero-order valence-corrected chi connectivity index (χ0v) is 11.9. The maximum absolute atomic E-state index is 5.31. The fourth-order valence-electron chi connectivity index (χ4n) is 1.55. The molecule has 0 unspecified atom stereocenters. The van der Waals surface area contributed by atoms with Gasteiger partial charge in [0.1, 0.15) is 23.2 Å². The molecule has 2 aromatic rings. The van der Waals surface area contributed by atoms with Gasteiger partial charge in [-0.3, -0.25) is 0 Å². The van der Waals surface area contributed by atoms with E-state index in [0.29, 0.717) is 12.4 Å². The summed E-state index contributed by atoms with van der Waals surface area (Å²) in [6.45, 7) is 3.27. The van der Waals surface area contributed by atoms with Gasteiger partial charge in [0, 0.05) is 19.7 Å². The van der Waals surface area contributed by atoms with E-state index in [1.165, 1.54) is 0 Å². The number of ether oxygens (including phenoxy) is 1. The summed E-state index contributed by atoms with van der Waals surface area (Å²) in [5.41, 5.74) is 0. The van der Waals surface area contributed by atoms with E-state index in [2.05, 4.69) is 15.3 Å². The average molecular weight is 279 g/mol. The Hall–Kier alpha value is -1.53. The highest BCUT2D eigenvalue weighted by Gasteiger charge is 2.06. The monoisotopic (exact) mass is 279 g/mol. The Morgan fingerprint density at radius 2 is 2.32 bits per heavy atom. The molecule has 1 N–H and O–H groups in total. The van der Waals surface area contributed by atoms with E-state index in [1.54, 1.807) is 25.1 Å². The molecule has 2 rings (SSSR count). The van der Waals surface area contributed by atoms with Gasteiger partial charge >= 0.3 is 0 Å². The number of aromatic nitrogens is 2. The number of methoxy groups -OCH3 is 1. The molecule has 0 aromatic carbocycles. The van der Waals surface area contributed by atoms with Crippen molar-refractivity contribution in [3.63, 3.8) is 0 Å². The highest BCUT2D eigenvalue weighted by molar-refractivity contribution is 7.98. The molecule has 6 heteroatoms. The van der Waals surface area contributed by atoms with Gasteiger partial charge in [0.05, 0.1) is 12.0 Å². The van der Waals surface area contributed by atoms with Crippen LogP contribution in [0.2, 0.25) is 0 Å². The fraction of sp³-hybridized carbons (Fsp3) is 0.385. The predicted molar refractivity (Wildman–Crippen MR) is 75.2 cm³/mol. The van der Waals surface area contributed by atoms with Crippen LogP contribution in [0.5, 0.6) is 0 Å². The van der Waals surface area contributed by atoms with Crippen LogP contribution >= 0.6 is 11.8 Å². The molecule has 5 nitrogen and oxygen atoms in total. The number of rotatable bonds is 7. The average Bonchev–Trinajstić information content (AvgIpc) is 2.90. The SMILES string of the molecule is CCNc1cc(SCc2ccco2)nc(COC)n1. The van der Waals surface area contributed by atoms with Crippen molar-refractivity contribution in [2.45, 2.75) is 24.3 Å². The van der Waals surface area contributed by atoms with Crippen LogP contribution in [0.3, 0.4) is 0 Å². The van der Waals surface area contributed by atoms with Gasteiger partial charge in [0.25, 0.3) is 0 Å².